The van der Waals surface area contributed by atoms with Gasteiger partial charge in [-0.05, 0) is 37.0 Å². The van der Waals surface area contributed by atoms with Crippen LogP contribution in [-0.2, 0) is 13.0 Å². The van der Waals surface area contributed by atoms with E-state index in [-0.39, 0.29) is 6.04 Å². The van der Waals surface area contributed by atoms with E-state index in [1.165, 1.54) is 25.7 Å². The molecule has 2 fully saturated rings. The lowest BCUT2D eigenvalue weighted by molar-refractivity contribution is 0.480. The molecule has 1 heterocycles. The maximum absolute atomic E-state index is 6.41. The fraction of sp³-hybridized carbons (Fsp3) is 0.857. The maximum Gasteiger partial charge on any atom is 0.138 e. The van der Waals surface area contributed by atoms with E-state index in [0.29, 0.717) is 0 Å². The minimum absolute atomic E-state index is 0.290. The molecule has 18 heavy (non-hydrogen) atoms. The van der Waals surface area contributed by atoms with Gasteiger partial charge in [0, 0.05) is 19.0 Å². The fourth-order valence-electron chi connectivity index (χ4n) is 3.87. The van der Waals surface area contributed by atoms with E-state index in [4.69, 9.17) is 5.73 Å². The second kappa shape index (κ2) is 5.00. The Kier molecular flexibility index (Phi) is 3.37. The van der Waals surface area contributed by atoms with Crippen molar-refractivity contribution in [2.45, 2.75) is 58.0 Å². The molecular weight excluding hydrogens is 224 g/mol. The summed E-state index contributed by atoms with van der Waals surface area (Å²) in [6.07, 6.45) is 9.30. The van der Waals surface area contributed by atoms with Crippen LogP contribution < -0.4 is 5.73 Å². The van der Waals surface area contributed by atoms with Crippen LogP contribution >= 0.6 is 0 Å². The van der Waals surface area contributed by atoms with E-state index in [1.807, 2.05) is 4.68 Å². The van der Waals surface area contributed by atoms with Crippen molar-refractivity contribution in [1.82, 2.24) is 14.8 Å². The number of aromatic nitrogens is 3. The second-order valence-electron chi connectivity index (χ2n) is 5.96. The molecule has 2 aliphatic rings. The van der Waals surface area contributed by atoms with Gasteiger partial charge in [-0.25, -0.2) is 4.98 Å². The first-order chi connectivity index (χ1) is 8.81. The molecule has 2 saturated carbocycles. The molecule has 4 heteroatoms. The maximum atomic E-state index is 6.41. The summed E-state index contributed by atoms with van der Waals surface area (Å²) in [5.74, 6) is 3.69. The lowest BCUT2D eigenvalue weighted by Crippen LogP contribution is -2.28. The highest BCUT2D eigenvalue weighted by Gasteiger charge is 2.53. The molecule has 1 aromatic heterocycles. The first-order valence-electron chi connectivity index (χ1n) is 7.43. The average Bonchev–Trinajstić information content (AvgIpc) is 2.97. The molecule has 0 bridgehead atoms. The topological polar surface area (TPSA) is 56.7 Å². The van der Waals surface area contributed by atoms with Crippen molar-refractivity contribution in [2.75, 3.05) is 0 Å². The molecule has 3 atom stereocenters. The zero-order valence-corrected chi connectivity index (χ0v) is 11.3. The number of fused-ring (bicyclic) bond motifs is 1. The summed E-state index contributed by atoms with van der Waals surface area (Å²) in [5, 5.41) is 4.28. The Labute approximate surface area is 109 Å². The van der Waals surface area contributed by atoms with Gasteiger partial charge in [-0.3, -0.25) is 4.68 Å². The van der Waals surface area contributed by atoms with E-state index >= 15 is 0 Å². The van der Waals surface area contributed by atoms with Gasteiger partial charge in [0.1, 0.15) is 12.2 Å². The van der Waals surface area contributed by atoms with Crippen LogP contribution in [0, 0.1) is 17.8 Å². The van der Waals surface area contributed by atoms with Crippen LogP contribution in [0.1, 0.15) is 44.9 Å². The third-order valence-corrected chi connectivity index (χ3v) is 4.77. The average molecular weight is 248 g/mol. The Morgan fingerprint density at radius 3 is 2.78 bits per heavy atom. The summed E-state index contributed by atoms with van der Waals surface area (Å²) in [4.78, 5) is 4.37. The third kappa shape index (κ3) is 2.18. The van der Waals surface area contributed by atoms with Gasteiger partial charge in [0.05, 0.1) is 0 Å². The molecule has 0 aromatic carbocycles. The van der Waals surface area contributed by atoms with Crippen molar-refractivity contribution in [3.8, 4) is 0 Å². The van der Waals surface area contributed by atoms with Crippen LogP contribution in [0.25, 0.3) is 0 Å². The van der Waals surface area contributed by atoms with Crippen molar-refractivity contribution in [2.24, 2.45) is 23.5 Å². The molecule has 0 saturated heterocycles. The van der Waals surface area contributed by atoms with Crippen LogP contribution in [0.5, 0.6) is 0 Å². The fourth-order valence-corrected chi connectivity index (χ4v) is 3.87. The van der Waals surface area contributed by atoms with Gasteiger partial charge in [0.25, 0.3) is 0 Å². The summed E-state index contributed by atoms with van der Waals surface area (Å²) >= 11 is 0. The highest BCUT2D eigenvalue weighted by atomic mass is 15.3. The first-order valence-corrected chi connectivity index (χ1v) is 7.43. The van der Waals surface area contributed by atoms with Crippen LogP contribution in [0.15, 0.2) is 6.33 Å². The number of rotatable bonds is 5. The zero-order valence-electron chi connectivity index (χ0n) is 11.3. The molecule has 3 unspecified atom stereocenters. The number of hydrogen-bond acceptors (Lipinski definition) is 3. The third-order valence-electron chi connectivity index (χ3n) is 4.77. The van der Waals surface area contributed by atoms with E-state index in [1.54, 1.807) is 6.33 Å². The Morgan fingerprint density at radius 2 is 2.11 bits per heavy atom. The summed E-state index contributed by atoms with van der Waals surface area (Å²) in [6, 6.07) is 0.290. The van der Waals surface area contributed by atoms with Gasteiger partial charge in [-0.2, -0.15) is 5.10 Å². The molecule has 0 amide bonds. The molecule has 0 aliphatic heterocycles. The van der Waals surface area contributed by atoms with Crippen LogP contribution in [-0.4, -0.2) is 20.8 Å². The van der Waals surface area contributed by atoms with Gasteiger partial charge < -0.3 is 5.73 Å². The summed E-state index contributed by atoms with van der Waals surface area (Å²) < 4.78 is 2.02. The molecule has 1 aromatic rings. The van der Waals surface area contributed by atoms with Crippen LogP contribution in [0.4, 0.5) is 0 Å². The molecule has 2 N–H and O–H groups in total. The lowest BCUT2D eigenvalue weighted by atomic mass is 10.0. The van der Waals surface area contributed by atoms with Crippen LogP contribution in [0.3, 0.4) is 0 Å². The Hall–Kier alpha value is -0.900. The summed E-state index contributed by atoms with van der Waals surface area (Å²) in [6.45, 7) is 3.13. The smallest absolute Gasteiger partial charge is 0.138 e. The summed E-state index contributed by atoms with van der Waals surface area (Å²) in [7, 11) is 0. The minimum atomic E-state index is 0.290. The molecule has 2 aliphatic carbocycles. The number of nitrogens with zero attached hydrogens (tertiary/aromatic N) is 3. The number of hydrogen-bond donors (Lipinski definition) is 1. The highest BCUT2D eigenvalue weighted by molar-refractivity contribution is 5.06. The van der Waals surface area contributed by atoms with Gasteiger partial charge in [-0.15, -0.1) is 0 Å². The van der Waals surface area contributed by atoms with Gasteiger partial charge in [0.2, 0.25) is 0 Å². The molecule has 3 rings (SSSR count). The van der Waals surface area contributed by atoms with E-state index < -0.39 is 0 Å². The Morgan fingerprint density at radius 1 is 1.39 bits per heavy atom. The molecule has 4 nitrogen and oxygen atoms in total. The quantitative estimate of drug-likeness (QED) is 0.867. The van der Waals surface area contributed by atoms with Crippen molar-refractivity contribution < 1.29 is 0 Å². The van der Waals surface area contributed by atoms with Crippen LogP contribution in [0.2, 0.25) is 0 Å². The van der Waals surface area contributed by atoms with Crippen molar-refractivity contribution in [3.63, 3.8) is 0 Å². The van der Waals surface area contributed by atoms with Gasteiger partial charge >= 0.3 is 0 Å². The Balaban J connectivity index is 1.60. The summed E-state index contributed by atoms with van der Waals surface area (Å²) in [5.41, 5.74) is 6.41. The highest BCUT2D eigenvalue weighted by Crippen LogP contribution is 2.56. The molecule has 100 valence electrons. The van der Waals surface area contributed by atoms with Crippen molar-refractivity contribution >= 4 is 0 Å². The van der Waals surface area contributed by atoms with Gasteiger partial charge in [0.15, 0.2) is 0 Å². The number of aryl methyl sites for hydroxylation is 1. The zero-order chi connectivity index (χ0) is 12.5. The lowest BCUT2D eigenvalue weighted by Gasteiger charge is -2.11. The predicted octanol–water partition coefficient (Wildman–Crippen LogP) is 1.99. The van der Waals surface area contributed by atoms with E-state index in [2.05, 4.69) is 17.0 Å². The molecular formula is C14H24N4. The van der Waals surface area contributed by atoms with Crippen molar-refractivity contribution in [3.05, 3.63) is 12.2 Å². The first kappa shape index (κ1) is 12.2. The minimum Gasteiger partial charge on any atom is -0.327 e. The predicted molar refractivity (Wildman–Crippen MR) is 70.9 cm³/mol. The standard InChI is InChI=1S/C14H24N4/c1-2-7-18-13(16-9-17-18)8-12(15)14-10-5-3-4-6-11(10)14/h9-12,14H,2-8,15H2,1H3. The largest absolute Gasteiger partial charge is 0.327 e. The number of nitrogens with two attached hydrogens (primary N) is 1. The SMILES string of the molecule is CCCn1ncnc1CC(N)C1C2CCCCC21. The van der Waals surface area contributed by atoms with Crippen molar-refractivity contribution in [1.29, 1.82) is 0 Å². The second-order valence-corrected chi connectivity index (χ2v) is 5.96. The monoisotopic (exact) mass is 248 g/mol. The van der Waals surface area contributed by atoms with E-state index in [9.17, 15) is 0 Å². The van der Waals surface area contributed by atoms with E-state index in [0.717, 1.165) is 43.0 Å². The molecule has 0 spiro atoms. The normalized spacial score (nSPS) is 32.0. The van der Waals surface area contributed by atoms with Gasteiger partial charge in [-0.1, -0.05) is 19.8 Å². The molecule has 0 radical (unpaired) electrons. The Bertz CT molecular complexity index is 388.